The number of carbonyl (C=O) groups excluding carboxylic acids is 3. The summed E-state index contributed by atoms with van der Waals surface area (Å²) in [5, 5.41) is 65.4. The summed E-state index contributed by atoms with van der Waals surface area (Å²) in [5.74, 6) is -9.10. The standard InChI is InChI=1S/C22H23ClN2O9/c1-25(2)15-8-5-7-11(18(30)22(8,34)19(31)13(17(15)29)20(24)32)16(28)12-10(27)4-3-9(23)14(12)21(7,33)6-26/h3-4,7-8,15,26-28,31,33-34H,5-6H2,1-2H3,(H2,24,32)/t7-,8-,15-,21-,22-/m0/s1. The number of aliphatic hydroxyl groups is 5. The number of nitrogens with zero attached hydrogens (tertiary/aromatic N) is 1. The van der Waals surface area contributed by atoms with Gasteiger partial charge in [0.25, 0.3) is 5.91 Å². The second-order valence-electron chi connectivity index (χ2n) is 9.01. The Morgan fingerprint density at radius 1 is 1.21 bits per heavy atom. The maximum absolute atomic E-state index is 13.7. The lowest BCUT2D eigenvalue weighted by molar-refractivity contribution is -0.162. The van der Waals surface area contributed by atoms with Gasteiger partial charge in [0, 0.05) is 28.0 Å². The van der Waals surface area contributed by atoms with Crippen molar-refractivity contribution in [3.8, 4) is 5.75 Å². The highest BCUT2D eigenvalue weighted by atomic mass is 35.5. The maximum Gasteiger partial charge on any atom is 0.255 e. The molecule has 182 valence electrons. The number of phenols is 1. The Kier molecular flexibility index (Phi) is 5.35. The van der Waals surface area contributed by atoms with E-state index in [1.807, 2.05) is 0 Å². The Hall–Kier alpha value is -2.96. The van der Waals surface area contributed by atoms with Gasteiger partial charge in [0.2, 0.25) is 5.78 Å². The lowest BCUT2D eigenvalue weighted by Crippen LogP contribution is -2.67. The van der Waals surface area contributed by atoms with Gasteiger partial charge in [-0.05, 0) is 32.6 Å². The Morgan fingerprint density at radius 2 is 1.82 bits per heavy atom. The second kappa shape index (κ2) is 7.52. The smallest absolute Gasteiger partial charge is 0.255 e. The van der Waals surface area contributed by atoms with Crippen LogP contribution in [0.3, 0.4) is 0 Å². The number of phenolic OH excluding ortho intramolecular Hbond substituents is 1. The van der Waals surface area contributed by atoms with E-state index in [2.05, 4.69) is 0 Å². The van der Waals surface area contributed by atoms with Gasteiger partial charge in [-0.15, -0.1) is 0 Å². The highest BCUT2D eigenvalue weighted by Crippen LogP contribution is 2.58. The summed E-state index contributed by atoms with van der Waals surface area (Å²) in [7, 11) is 2.89. The number of ketones is 2. The number of fused-ring (bicyclic) bond motifs is 3. The summed E-state index contributed by atoms with van der Waals surface area (Å²) in [5.41, 5.74) is -2.15. The van der Waals surface area contributed by atoms with Crippen LogP contribution >= 0.6 is 11.6 Å². The van der Waals surface area contributed by atoms with Gasteiger partial charge in [-0.1, -0.05) is 11.6 Å². The van der Waals surface area contributed by atoms with E-state index in [4.69, 9.17) is 17.3 Å². The maximum atomic E-state index is 13.7. The summed E-state index contributed by atoms with van der Waals surface area (Å²) in [6.07, 6.45) is -0.408. The van der Waals surface area contributed by atoms with Crippen LogP contribution in [0.2, 0.25) is 5.02 Å². The predicted molar refractivity (Wildman–Crippen MR) is 117 cm³/mol. The van der Waals surface area contributed by atoms with E-state index in [1.54, 1.807) is 0 Å². The molecular weight excluding hydrogens is 472 g/mol. The van der Waals surface area contributed by atoms with E-state index < -0.39 is 93.6 Å². The van der Waals surface area contributed by atoms with Crippen molar-refractivity contribution in [2.45, 2.75) is 23.7 Å². The first-order valence-electron chi connectivity index (χ1n) is 10.2. The Balaban J connectivity index is 2.09. The minimum atomic E-state index is -2.87. The SMILES string of the molecule is CN(C)[C@@H]1C(=O)C(C(N)=O)=C(O)[C@@]2(O)C(=O)C3=C(O)c4c(O)ccc(Cl)c4[C@](O)(CO)[C@H]3C[C@@H]12. The van der Waals surface area contributed by atoms with Crippen LogP contribution in [0.15, 0.2) is 29.0 Å². The van der Waals surface area contributed by atoms with Crippen LogP contribution in [-0.2, 0) is 20.0 Å². The summed E-state index contributed by atoms with van der Waals surface area (Å²) in [4.78, 5) is 40.1. The number of carbonyl (C=O) groups is 3. The van der Waals surface area contributed by atoms with E-state index in [0.717, 1.165) is 6.07 Å². The molecule has 1 fully saturated rings. The predicted octanol–water partition coefficient (Wildman–Crippen LogP) is -0.745. The second-order valence-corrected chi connectivity index (χ2v) is 9.42. The highest BCUT2D eigenvalue weighted by molar-refractivity contribution is 6.32. The van der Waals surface area contributed by atoms with E-state index in [1.165, 1.54) is 25.1 Å². The van der Waals surface area contributed by atoms with Gasteiger partial charge in [-0.2, -0.15) is 0 Å². The monoisotopic (exact) mass is 494 g/mol. The van der Waals surface area contributed by atoms with E-state index >= 15 is 0 Å². The molecule has 0 heterocycles. The van der Waals surface area contributed by atoms with Crippen LogP contribution in [-0.4, -0.2) is 85.4 Å². The van der Waals surface area contributed by atoms with Crippen LogP contribution < -0.4 is 5.73 Å². The van der Waals surface area contributed by atoms with Gasteiger partial charge < -0.3 is 36.4 Å². The molecule has 34 heavy (non-hydrogen) atoms. The fourth-order valence-electron chi connectivity index (χ4n) is 5.62. The van der Waals surface area contributed by atoms with E-state index in [9.17, 15) is 45.0 Å². The lowest BCUT2D eigenvalue weighted by Gasteiger charge is -2.53. The Bertz CT molecular complexity index is 1220. The molecule has 1 aromatic rings. The first kappa shape index (κ1) is 24.2. The van der Waals surface area contributed by atoms with Crippen molar-refractivity contribution in [2.75, 3.05) is 20.7 Å². The van der Waals surface area contributed by atoms with Gasteiger partial charge in [0.05, 0.1) is 18.2 Å². The van der Waals surface area contributed by atoms with Crippen molar-refractivity contribution in [1.82, 2.24) is 4.90 Å². The van der Waals surface area contributed by atoms with Crippen LogP contribution in [0.25, 0.3) is 5.76 Å². The van der Waals surface area contributed by atoms with Gasteiger partial charge in [-0.3, -0.25) is 19.3 Å². The highest BCUT2D eigenvalue weighted by Gasteiger charge is 2.67. The zero-order chi connectivity index (χ0) is 25.5. The largest absolute Gasteiger partial charge is 0.508 e. The van der Waals surface area contributed by atoms with Gasteiger partial charge in [0.1, 0.15) is 28.4 Å². The van der Waals surface area contributed by atoms with Crippen molar-refractivity contribution in [3.05, 3.63) is 45.2 Å². The summed E-state index contributed by atoms with van der Waals surface area (Å²) in [6, 6.07) is 1.00. The first-order chi connectivity index (χ1) is 15.7. The molecule has 0 radical (unpaired) electrons. The molecule has 3 aliphatic rings. The number of likely N-dealkylation sites (N-methyl/N-ethyl adjacent to an activating group) is 1. The van der Waals surface area contributed by atoms with Crippen molar-refractivity contribution in [1.29, 1.82) is 0 Å². The molecular formula is C22H23ClN2O9. The average Bonchev–Trinajstić information content (AvgIpc) is 2.75. The molecule has 8 N–H and O–H groups in total. The molecule has 0 bridgehead atoms. The Morgan fingerprint density at radius 3 is 2.35 bits per heavy atom. The molecule has 0 spiro atoms. The zero-order valence-corrected chi connectivity index (χ0v) is 18.9. The molecule has 0 aromatic heterocycles. The molecule has 3 aliphatic carbocycles. The molecule has 0 saturated heterocycles. The van der Waals surface area contributed by atoms with Crippen LogP contribution in [0.1, 0.15) is 17.5 Å². The Labute approximate surface area is 198 Å². The number of amides is 1. The fraction of sp³-hybridized carbons (Fsp3) is 0.409. The molecule has 11 nitrogen and oxygen atoms in total. The van der Waals surface area contributed by atoms with Crippen LogP contribution in [0.4, 0.5) is 0 Å². The van der Waals surface area contributed by atoms with Crippen LogP contribution in [0, 0.1) is 11.8 Å². The third-order valence-electron chi connectivity index (χ3n) is 7.14. The molecule has 1 saturated carbocycles. The number of aliphatic hydroxyl groups excluding tert-OH is 3. The summed E-state index contributed by atoms with van der Waals surface area (Å²) < 4.78 is 0. The summed E-state index contributed by atoms with van der Waals surface area (Å²) >= 11 is 6.24. The molecule has 4 rings (SSSR count). The molecule has 0 unspecified atom stereocenters. The van der Waals surface area contributed by atoms with E-state index in [-0.39, 0.29) is 10.6 Å². The minimum absolute atomic E-state index is 0.120. The topological polar surface area (TPSA) is 202 Å². The minimum Gasteiger partial charge on any atom is -0.508 e. The van der Waals surface area contributed by atoms with Gasteiger partial charge in [0.15, 0.2) is 11.4 Å². The van der Waals surface area contributed by atoms with Gasteiger partial charge in [-0.25, -0.2) is 0 Å². The van der Waals surface area contributed by atoms with Crippen molar-refractivity contribution >= 4 is 34.8 Å². The average molecular weight is 495 g/mol. The third kappa shape index (κ3) is 2.75. The zero-order valence-electron chi connectivity index (χ0n) is 18.1. The number of primary amides is 1. The molecule has 5 atom stereocenters. The van der Waals surface area contributed by atoms with Crippen molar-refractivity contribution in [2.24, 2.45) is 17.6 Å². The quantitative estimate of drug-likeness (QED) is 0.262. The fourth-order valence-corrected chi connectivity index (χ4v) is 5.94. The number of aromatic hydroxyl groups is 1. The number of hydrogen-bond acceptors (Lipinski definition) is 10. The number of halogens is 1. The van der Waals surface area contributed by atoms with Crippen molar-refractivity contribution < 1.29 is 45.0 Å². The third-order valence-corrected chi connectivity index (χ3v) is 7.45. The van der Waals surface area contributed by atoms with Gasteiger partial charge >= 0.3 is 0 Å². The molecule has 1 amide bonds. The number of benzene rings is 1. The summed E-state index contributed by atoms with van der Waals surface area (Å²) in [6.45, 7) is -1.00. The lowest BCUT2D eigenvalue weighted by atomic mass is 9.54. The normalized spacial score (nSPS) is 33.1. The molecule has 12 heteroatoms. The van der Waals surface area contributed by atoms with Crippen molar-refractivity contribution in [3.63, 3.8) is 0 Å². The molecule has 1 aromatic carbocycles. The number of rotatable bonds is 3. The number of nitrogens with two attached hydrogens (primary N) is 1. The van der Waals surface area contributed by atoms with Crippen LogP contribution in [0.5, 0.6) is 5.75 Å². The number of hydrogen-bond donors (Lipinski definition) is 7. The number of Topliss-reactive ketones (excluding diaryl/α,β-unsaturated/α-hetero) is 2. The molecule has 0 aliphatic heterocycles. The first-order valence-corrected chi connectivity index (χ1v) is 10.6. The van der Waals surface area contributed by atoms with E-state index in [0.29, 0.717) is 0 Å².